The Balaban J connectivity index is 2.40. The van der Waals surface area contributed by atoms with Gasteiger partial charge in [-0.05, 0) is 32.9 Å². The molecule has 0 aliphatic rings. The normalized spacial score (nSPS) is 11.6. The number of nitrogens with one attached hydrogen (secondary N) is 2. The van der Waals surface area contributed by atoms with Gasteiger partial charge in [0.25, 0.3) is 0 Å². The van der Waals surface area contributed by atoms with Gasteiger partial charge in [0.1, 0.15) is 5.75 Å². The third-order valence-electron chi connectivity index (χ3n) is 2.55. The molecule has 0 aromatic heterocycles. The third kappa shape index (κ3) is 5.25. The van der Waals surface area contributed by atoms with Gasteiger partial charge >= 0.3 is 0 Å². The van der Waals surface area contributed by atoms with Crippen LogP contribution in [0.25, 0.3) is 0 Å². The summed E-state index contributed by atoms with van der Waals surface area (Å²) in [6.07, 6.45) is 0. The molecule has 102 valence electrons. The third-order valence-corrected chi connectivity index (χ3v) is 2.91. The van der Waals surface area contributed by atoms with E-state index < -0.39 is 0 Å². The van der Waals surface area contributed by atoms with E-state index in [1.165, 1.54) is 0 Å². The van der Waals surface area contributed by atoms with Gasteiger partial charge in [0.2, 0.25) is 0 Å². The molecule has 0 saturated carbocycles. The van der Waals surface area contributed by atoms with Gasteiger partial charge in [-0.3, -0.25) is 0 Å². The van der Waals surface area contributed by atoms with Gasteiger partial charge in [-0.25, -0.2) is 0 Å². The van der Waals surface area contributed by atoms with Crippen molar-refractivity contribution in [3.63, 3.8) is 0 Å². The Kier molecular flexibility index (Phi) is 5.93. The van der Waals surface area contributed by atoms with Crippen LogP contribution in [-0.4, -0.2) is 25.7 Å². The minimum absolute atomic E-state index is 0.157. The molecule has 1 aromatic rings. The van der Waals surface area contributed by atoms with Gasteiger partial charge in [0.15, 0.2) is 0 Å². The highest BCUT2D eigenvalue weighted by Gasteiger charge is 2.08. The van der Waals surface area contributed by atoms with Crippen molar-refractivity contribution in [3.05, 3.63) is 28.8 Å². The summed E-state index contributed by atoms with van der Waals surface area (Å²) in [7, 11) is 1.66. The minimum atomic E-state index is 0.157. The summed E-state index contributed by atoms with van der Waals surface area (Å²) < 4.78 is 5.30. The molecule has 0 fully saturated rings. The maximum Gasteiger partial charge on any atom is 0.124 e. The van der Waals surface area contributed by atoms with Crippen LogP contribution < -0.4 is 15.4 Å². The topological polar surface area (TPSA) is 33.3 Å². The summed E-state index contributed by atoms with van der Waals surface area (Å²) in [5.74, 6) is 0.832. The molecule has 1 aromatic carbocycles. The van der Waals surface area contributed by atoms with E-state index in [1.54, 1.807) is 7.11 Å². The zero-order valence-corrected chi connectivity index (χ0v) is 12.4. The van der Waals surface area contributed by atoms with Crippen LogP contribution in [0, 0.1) is 0 Å². The average molecular weight is 271 g/mol. The van der Waals surface area contributed by atoms with E-state index in [2.05, 4.69) is 31.4 Å². The fourth-order valence-corrected chi connectivity index (χ4v) is 1.87. The smallest absolute Gasteiger partial charge is 0.124 e. The van der Waals surface area contributed by atoms with Crippen LogP contribution in [0.1, 0.15) is 26.3 Å². The summed E-state index contributed by atoms with van der Waals surface area (Å²) >= 11 is 6.16. The van der Waals surface area contributed by atoms with Gasteiger partial charge < -0.3 is 15.4 Å². The number of hydrogen-bond acceptors (Lipinski definition) is 3. The molecule has 0 spiro atoms. The number of halogens is 1. The summed E-state index contributed by atoms with van der Waals surface area (Å²) in [6, 6.07) is 5.70. The number of benzene rings is 1. The molecule has 0 saturated heterocycles. The molecular formula is C14H23ClN2O. The van der Waals surface area contributed by atoms with E-state index in [-0.39, 0.29) is 5.54 Å². The van der Waals surface area contributed by atoms with E-state index in [9.17, 15) is 0 Å². The number of methoxy groups -OCH3 is 1. The lowest BCUT2D eigenvalue weighted by Gasteiger charge is -2.20. The summed E-state index contributed by atoms with van der Waals surface area (Å²) in [5, 5.41) is 7.53. The summed E-state index contributed by atoms with van der Waals surface area (Å²) in [6.45, 7) is 9.01. The van der Waals surface area contributed by atoms with E-state index in [1.807, 2.05) is 18.2 Å². The SMILES string of the molecule is COc1cccc(Cl)c1CNCCNC(C)(C)C. The Labute approximate surface area is 115 Å². The van der Waals surface area contributed by atoms with Gasteiger partial charge in [-0.2, -0.15) is 0 Å². The van der Waals surface area contributed by atoms with Crippen molar-refractivity contribution >= 4 is 11.6 Å². The quantitative estimate of drug-likeness (QED) is 0.780. The first-order chi connectivity index (χ1) is 8.44. The summed E-state index contributed by atoms with van der Waals surface area (Å²) in [5.41, 5.74) is 1.17. The molecule has 0 heterocycles. The molecule has 3 nitrogen and oxygen atoms in total. The molecule has 0 bridgehead atoms. The Morgan fingerprint density at radius 3 is 2.56 bits per heavy atom. The highest BCUT2D eigenvalue weighted by molar-refractivity contribution is 6.31. The molecule has 0 aliphatic heterocycles. The minimum Gasteiger partial charge on any atom is -0.496 e. The molecule has 0 amide bonds. The van der Waals surface area contributed by atoms with Crippen molar-refractivity contribution in [3.8, 4) is 5.75 Å². The lowest BCUT2D eigenvalue weighted by atomic mass is 10.1. The fourth-order valence-electron chi connectivity index (χ4n) is 1.64. The fraction of sp³-hybridized carbons (Fsp3) is 0.571. The first-order valence-corrected chi connectivity index (χ1v) is 6.59. The molecule has 0 atom stereocenters. The molecule has 2 N–H and O–H groups in total. The molecule has 0 unspecified atom stereocenters. The molecule has 0 radical (unpaired) electrons. The van der Waals surface area contributed by atoms with Crippen LogP contribution >= 0.6 is 11.6 Å². The van der Waals surface area contributed by atoms with Crippen molar-refractivity contribution in [1.82, 2.24) is 10.6 Å². The Hall–Kier alpha value is -0.770. The Morgan fingerprint density at radius 2 is 1.94 bits per heavy atom. The van der Waals surface area contributed by atoms with Crippen LogP contribution in [-0.2, 0) is 6.54 Å². The van der Waals surface area contributed by atoms with E-state index in [0.29, 0.717) is 6.54 Å². The second kappa shape index (κ2) is 6.98. The zero-order chi connectivity index (χ0) is 13.6. The predicted octanol–water partition coefficient (Wildman–Crippen LogP) is 2.83. The Bertz CT molecular complexity index is 375. The first kappa shape index (κ1) is 15.3. The van der Waals surface area contributed by atoms with Crippen LogP contribution in [0.2, 0.25) is 5.02 Å². The number of rotatable bonds is 6. The predicted molar refractivity (Wildman–Crippen MR) is 77.5 cm³/mol. The zero-order valence-electron chi connectivity index (χ0n) is 11.6. The largest absolute Gasteiger partial charge is 0.496 e. The van der Waals surface area contributed by atoms with Gasteiger partial charge in [-0.1, -0.05) is 17.7 Å². The van der Waals surface area contributed by atoms with E-state index in [4.69, 9.17) is 16.3 Å². The highest BCUT2D eigenvalue weighted by atomic mass is 35.5. The van der Waals surface area contributed by atoms with Crippen LogP contribution in [0.3, 0.4) is 0 Å². The standard InChI is InChI=1S/C14H23ClN2O/c1-14(2,3)17-9-8-16-10-11-12(15)6-5-7-13(11)18-4/h5-7,16-17H,8-10H2,1-4H3. The number of ether oxygens (including phenoxy) is 1. The highest BCUT2D eigenvalue weighted by Crippen LogP contribution is 2.25. The second-order valence-corrected chi connectivity index (χ2v) is 5.68. The number of hydrogen-bond donors (Lipinski definition) is 2. The monoisotopic (exact) mass is 270 g/mol. The van der Waals surface area contributed by atoms with Crippen molar-refractivity contribution in [2.24, 2.45) is 0 Å². The van der Waals surface area contributed by atoms with Crippen LogP contribution in [0.5, 0.6) is 5.75 Å². The lowest BCUT2D eigenvalue weighted by molar-refractivity contribution is 0.404. The van der Waals surface area contributed by atoms with Crippen molar-refractivity contribution < 1.29 is 4.74 Å². The molecule has 4 heteroatoms. The van der Waals surface area contributed by atoms with Crippen LogP contribution in [0.4, 0.5) is 0 Å². The summed E-state index contributed by atoms with van der Waals surface area (Å²) in [4.78, 5) is 0. The van der Waals surface area contributed by atoms with Gasteiger partial charge in [0.05, 0.1) is 7.11 Å². The first-order valence-electron chi connectivity index (χ1n) is 6.21. The van der Waals surface area contributed by atoms with Crippen molar-refractivity contribution in [2.45, 2.75) is 32.9 Å². The van der Waals surface area contributed by atoms with Crippen LogP contribution in [0.15, 0.2) is 18.2 Å². The van der Waals surface area contributed by atoms with E-state index >= 15 is 0 Å². The molecule has 18 heavy (non-hydrogen) atoms. The molecule has 1 rings (SSSR count). The van der Waals surface area contributed by atoms with Crippen molar-refractivity contribution in [2.75, 3.05) is 20.2 Å². The molecular weight excluding hydrogens is 248 g/mol. The second-order valence-electron chi connectivity index (χ2n) is 5.27. The molecule has 0 aliphatic carbocycles. The average Bonchev–Trinajstić information content (AvgIpc) is 2.29. The van der Waals surface area contributed by atoms with Gasteiger partial charge in [-0.15, -0.1) is 0 Å². The maximum atomic E-state index is 6.16. The lowest BCUT2D eigenvalue weighted by Crippen LogP contribution is -2.40. The van der Waals surface area contributed by atoms with Gasteiger partial charge in [0, 0.05) is 35.8 Å². The Morgan fingerprint density at radius 1 is 1.22 bits per heavy atom. The van der Waals surface area contributed by atoms with Crippen molar-refractivity contribution in [1.29, 1.82) is 0 Å². The van der Waals surface area contributed by atoms with E-state index in [0.717, 1.165) is 29.4 Å². The maximum absolute atomic E-state index is 6.16.